The third kappa shape index (κ3) is 5.88. The monoisotopic (exact) mass is 305 g/mol. The first-order valence-corrected chi connectivity index (χ1v) is 8.01. The molecular formula is C18H27NO3. The number of carbonyl (C=O) groups is 2. The lowest BCUT2D eigenvalue weighted by molar-refractivity contribution is -0.143. The minimum Gasteiger partial charge on any atom is -0.465 e. The van der Waals surface area contributed by atoms with Gasteiger partial charge in [0.05, 0.1) is 6.61 Å². The second-order valence-corrected chi connectivity index (χ2v) is 5.83. The number of carbonyl (C=O) groups excluding carboxylic acids is 2. The molecule has 0 saturated heterocycles. The highest BCUT2D eigenvalue weighted by Crippen LogP contribution is 2.12. The predicted molar refractivity (Wildman–Crippen MR) is 87.8 cm³/mol. The van der Waals surface area contributed by atoms with E-state index in [1.54, 1.807) is 11.8 Å². The SMILES string of the molecule is CCCN(CC(=O)OCC)C(=O)c1ccc(CC(C)C)cc1. The summed E-state index contributed by atoms with van der Waals surface area (Å²) in [5.74, 6) is 0.105. The molecule has 0 atom stereocenters. The second-order valence-electron chi connectivity index (χ2n) is 5.83. The maximum atomic E-state index is 12.5. The Hall–Kier alpha value is -1.84. The zero-order chi connectivity index (χ0) is 16.5. The Morgan fingerprint density at radius 2 is 1.77 bits per heavy atom. The molecule has 0 spiro atoms. The zero-order valence-electron chi connectivity index (χ0n) is 14.1. The van der Waals surface area contributed by atoms with Crippen LogP contribution in [0.5, 0.6) is 0 Å². The van der Waals surface area contributed by atoms with E-state index in [4.69, 9.17) is 4.74 Å². The number of hydrogen-bond donors (Lipinski definition) is 0. The first-order valence-electron chi connectivity index (χ1n) is 8.01. The van der Waals surface area contributed by atoms with Crippen molar-refractivity contribution in [1.29, 1.82) is 0 Å². The average Bonchev–Trinajstić information content (AvgIpc) is 2.46. The molecule has 0 heterocycles. The van der Waals surface area contributed by atoms with Gasteiger partial charge in [-0.05, 0) is 43.4 Å². The van der Waals surface area contributed by atoms with Gasteiger partial charge in [0.2, 0.25) is 0 Å². The predicted octanol–water partition coefficient (Wildman–Crippen LogP) is 3.30. The fourth-order valence-corrected chi connectivity index (χ4v) is 2.32. The first kappa shape index (κ1) is 18.2. The molecule has 122 valence electrons. The van der Waals surface area contributed by atoms with Gasteiger partial charge in [-0.25, -0.2) is 0 Å². The molecule has 1 rings (SSSR count). The molecule has 4 nitrogen and oxygen atoms in total. The summed E-state index contributed by atoms with van der Waals surface area (Å²) >= 11 is 0. The van der Waals surface area contributed by atoms with Crippen LogP contribution in [0, 0.1) is 5.92 Å². The minimum atomic E-state index is -0.360. The number of benzene rings is 1. The largest absolute Gasteiger partial charge is 0.465 e. The van der Waals surface area contributed by atoms with Crippen LogP contribution < -0.4 is 0 Å². The normalized spacial score (nSPS) is 10.6. The Morgan fingerprint density at radius 3 is 2.27 bits per heavy atom. The van der Waals surface area contributed by atoms with Gasteiger partial charge in [-0.3, -0.25) is 9.59 Å². The molecule has 1 aromatic rings. The van der Waals surface area contributed by atoms with E-state index in [0.29, 0.717) is 24.6 Å². The van der Waals surface area contributed by atoms with Crippen molar-refractivity contribution < 1.29 is 14.3 Å². The van der Waals surface area contributed by atoms with Gasteiger partial charge < -0.3 is 9.64 Å². The number of hydrogen-bond acceptors (Lipinski definition) is 3. The average molecular weight is 305 g/mol. The van der Waals surface area contributed by atoms with Crippen molar-refractivity contribution in [3.8, 4) is 0 Å². The highest BCUT2D eigenvalue weighted by molar-refractivity contribution is 5.96. The number of nitrogens with zero attached hydrogens (tertiary/aromatic N) is 1. The van der Waals surface area contributed by atoms with Gasteiger partial charge in [-0.15, -0.1) is 0 Å². The number of ether oxygens (including phenoxy) is 1. The van der Waals surface area contributed by atoms with Crippen molar-refractivity contribution in [2.75, 3.05) is 19.7 Å². The van der Waals surface area contributed by atoms with Crippen LogP contribution in [0.15, 0.2) is 24.3 Å². The third-order valence-corrected chi connectivity index (χ3v) is 3.25. The van der Waals surface area contributed by atoms with Crippen LogP contribution in [0.25, 0.3) is 0 Å². The number of amides is 1. The molecular weight excluding hydrogens is 278 g/mol. The summed E-state index contributed by atoms with van der Waals surface area (Å²) in [4.78, 5) is 25.7. The number of rotatable bonds is 8. The summed E-state index contributed by atoms with van der Waals surface area (Å²) in [5.41, 5.74) is 1.84. The van der Waals surface area contributed by atoms with Crippen LogP contribution in [-0.4, -0.2) is 36.5 Å². The van der Waals surface area contributed by atoms with E-state index in [0.717, 1.165) is 12.8 Å². The Morgan fingerprint density at radius 1 is 1.14 bits per heavy atom. The molecule has 1 amide bonds. The zero-order valence-corrected chi connectivity index (χ0v) is 14.1. The Kier molecular flexibility index (Phi) is 7.64. The van der Waals surface area contributed by atoms with E-state index in [1.807, 2.05) is 31.2 Å². The standard InChI is InChI=1S/C18H27NO3/c1-5-11-19(13-17(20)22-6-2)18(21)16-9-7-15(8-10-16)12-14(3)4/h7-10,14H,5-6,11-13H2,1-4H3. The second kappa shape index (κ2) is 9.23. The summed E-state index contributed by atoms with van der Waals surface area (Å²) in [5, 5.41) is 0. The van der Waals surface area contributed by atoms with E-state index in [2.05, 4.69) is 13.8 Å². The number of esters is 1. The van der Waals surface area contributed by atoms with E-state index >= 15 is 0 Å². The van der Waals surface area contributed by atoms with Gasteiger partial charge in [0.1, 0.15) is 6.54 Å². The van der Waals surface area contributed by atoms with Crippen molar-refractivity contribution in [3.05, 3.63) is 35.4 Å². The van der Waals surface area contributed by atoms with E-state index < -0.39 is 0 Å². The van der Waals surface area contributed by atoms with Gasteiger partial charge in [-0.2, -0.15) is 0 Å². The van der Waals surface area contributed by atoms with Gasteiger partial charge in [0.25, 0.3) is 5.91 Å². The Bertz CT molecular complexity index is 480. The quantitative estimate of drug-likeness (QED) is 0.692. The Balaban J connectivity index is 2.78. The van der Waals surface area contributed by atoms with Crippen molar-refractivity contribution >= 4 is 11.9 Å². The molecule has 0 saturated carbocycles. The summed E-state index contributed by atoms with van der Waals surface area (Å²) in [6.45, 7) is 8.97. The highest BCUT2D eigenvalue weighted by Gasteiger charge is 2.18. The summed E-state index contributed by atoms with van der Waals surface area (Å²) < 4.78 is 4.93. The minimum absolute atomic E-state index is 0.00819. The highest BCUT2D eigenvalue weighted by atomic mass is 16.5. The van der Waals surface area contributed by atoms with Crippen molar-refractivity contribution in [3.63, 3.8) is 0 Å². The van der Waals surface area contributed by atoms with Crippen LogP contribution in [0.4, 0.5) is 0 Å². The van der Waals surface area contributed by atoms with Crippen molar-refractivity contribution in [2.24, 2.45) is 5.92 Å². The summed E-state index contributed by atoms with van der Waals surface area (Å²) in [6.07, 6.45) is 1.80. The molecule has 0 bridgehead atoms. The molecule has 22 heavy (non-hydrogen) atoms. The van der Waals surface area contributed by atoms with Gasteiger partial charge in [0.15, 0.2) is 0 Å². The molecule has 0 fully saturated rings. The van der Waals surface area contributed by atoms with Gasteiger partial charge >= 0.3 is 5.97 Å². The van der Waals surface area contributed by atoms with E-state index in [9.17, 15) is 9.59 Å². The van der Waals surface area contributed by atoms with E-state index in [-0.39, 0.29) is 18.4 Å². The molecule has 0 radical (unpaired) electrons. The summed E-state index contributed by atoms with van der Waals surface area (Å²) in [6, 6.07) is 7.66. The first-order chi connectivity index (χ1) is 10.5. The molecule has 0 aliphatic heterocycles. The van der Waals surface area contributed by atoms with Crippen LogP contribution >= 0.6 is 0 Å². The van der Waals surface area contributed by atoms with Crippen LogP contribution in [0.2, 0.25) is 0 Å². The third-order valence-electron chi connectivity index (χ3n) is 3.25. The van der Waals surface area contributed by atoms with Crippen LogP contribution in [0.1, 0.15) is 50.0 Å². The molecule has 0 aliphatic carbocycles. The van der Waals surface area contributed by atoms with Crippen molar-refractivity contribution in [1.82, 2.24) is 4.90 Å². The topological polar surface area (TPSA) is 46.6 Å². The summed E-state index contributed by atoms with van der Waals surface area (Å²) in [7, 11) is 0. The molecule has 0 unspecified atom stereocenters. The maximum Gasteiger partial charge on any atom is 0.325 e. The van der Waals surface area contributed by atoms with Crippen molar-refractivity contribution in [2.45, 2.75) is 40.5 Å². The molecule has 0 aliphatic rings. The fourth-order valence-electron chi connectivity index (χ4n) is 2.32. The molecule has 0 aromatic heterocycles. The fraction of sp³-hybridized carbons (Fsp3) is 0.556. The lowest BCUT2D eigenvalue weighted by atomic mass is 10.0. The van der Waals surface area contributed by atoms with Gasteiger partial charge in [-0.1, -0.05) is 32.9 Å². The molecule has 1 aromatic carbocycles. The Labute approximate surface area is 133 Å². The van der Waals surface area contributed by atoms with E-state index in [1.165, 1.54) is 5.56 Å². The van der Waals surface area contributed by atoms with Crippen LogP contribution in [-0.2, 0) is 16.0 Å². The van der Waals surface area contributed by atoms with Crippen LogP contribution in [0.3, 0.4) is 0 Å². The lowest BCUT2D eigenvalue weighted by Crippen LogP contribution is -2.37. The maximum absolute atomic E-state index is 12.5. The lowest BCUT2D eigenvalue weighted by Gasteiger charge is -2.21. The molecule has 0 N–H and O–H groups in total. The smallest absolute Gasteiger partial charge is 0.325 e. The molecule has 4 heteroatoms. The van der Waals surface area contributed by atoms with Gasteiger partial charge in [0, 0.05) is 12.1 Å².